The molecular weight excluding hydrogens is 305 g/mol. The number of tetrazole rings is 1. The smallest absolute Gasteiger partial charge is 0.323 e. The molecule has 11 heteroatoms. The monoisotopic (exact) mass is 315 g/mol. The minimum Gasteiger partial charge on any atom is -0.480 e. The van der Waals surface area contributed by atoms with Gasteiger partial charge in [-0.3, -0.25) is 9.52 Å². The molecule has 0 saturated heterocycles. The van der Waals surface area contributed by atoms with Crippen LogP contribution in [0.2, 0.25) is 0 Å². The maximum Gasteiger partial charge on any atom is 0.323 e. The second kappa shape index (κ2) is 5.44. The van der Waals surface area contributed by atoms with Crippen molar-refractivity contribution in [3.63, 3.8) is 0 Å². The normalized spacial score (nSPS) is 12.9. The first-order valence-electron chi connectivity index (χ1n) is 5.58. The molecule has 2 rings (SSSR count). The van der Waals surface area contributed by atoms with Crippen LogP contribution in [0.5, 0.6) is 0 Å². The number of aliphatic carboxylic acids is 1. The lowest BCUT2D eigenvalue weighted by molar-refractivity contribution is -0.136. The summed E-state index contributed by atoms with van der Waals surface area (Å²) in [4.78, 5) is 10.7. The average Bonchev–Trinajstić information content (AvgIpc) is 2.94. The molecule has 2 N–H and O–H groups in total. The van der Waals surface area contributed by atoms with Crippen molar-refractivity contribution in [2.45, 2.75) is 12.2 Å². The van der Waals surface area contributed by atoms with E-state index in [4.69, 9.17) is 5.11 Å². The molecule has 0 spiro atoms. The van der Waals surface area contributed by atoms with Gasteiger partial charge in [-0.1, -0.05) is 0 Å². The molecule has 0 aliphatic heterocycles. The number of carbonyl (C=O) groups is 1. The van der Waals surface area contributed by atoms with Crippen LogP contribution in [0.1, 0.15) is 6.92 Å². The standard InChI is InChI=1S/C10H10FN5O4S/c1-6(10(17)18)21(19,20)13-9-4-7(2-3-8(9)11)16-5-12-14-15-16/h2-6,13H,1H3,(H,17,18). The van der Waals surface area contributed by atoms with Gasteiger partial charge in [0.25, 0.3) is 0 Å². The molecule has 0 aliphatic carbocycles. The summed E-state index contributed by atoms with van der Waals surface area (Å²) in [6.07, 6.45) is 1.24. The van der Waals surface area contributed by atoms with Crippen molar-refractivity contribution in [2.75, 3.05) is 4.72 Å². The van der Waals surface area contributed by atoms with Gasteiger partial charge in [-0.25, -0.2) is 17.5 Å². The number of carboxylic acids is 1. The first-order chi connectivity index (χ1) is 9.81. The Balaban J connectivity index is 2.36. The SMILES string of the molecule is CC(C(=O)O)S(=O)(=O)Nc1cc(-n2cnnn2)ccc1F. The van der Waals surface area contributed by atoms with E-state index in [-0.39, 0.29) is 0 Å². The van der Waals surface area contributed by atoms with E-state index in [2.05, 4.69) is 15.5 Å². The third kappa shape index (κ3) is 3.13. The van der Waals surface area contributed by atoms with Gasteiger partial charge in [-0.05, 0) is 35.5 Å². The minimum atomic E-state index is -4.27. The van der Waals surface area contributed by atoms with Gasteiger partial charge in [-0.2, -0.15) is 0 Å². The van der Waals surface area contributed by atoms with Crippen molar-refractivity contribution in [3.05, 3.63) is 30.3 Å². The summed E-state index contributed by atoms with van der Waals surface area (Å²) in [6.45, 7) is 0.980. The molecule has 0 amide bonds. The van der Waals surface area contributed by atoms with Crippen LogP contribution in [0.3, 0.4) is 0 Å². The number of rotatable bonds is 5. The summed E-state index contributed by atoms with van der Waals surface area (Å²) in [5.74, 6) is -2.40. The summed E-state index contributed by atoms with van der Waals surface area (Å²) in [5.41, 5.74) is -0.0850. The van der Waals surface area contributed by atoms with Crippen molar-refractivity contribution in [2.24, 2.45) is 0 Å². The third-order valence-electron chi connectivity index (χ3n) is 2.63. The molecule has 0 aliphatic rings. The van der Waals surface area contributed by atoms with Crippen molar-refractivity contribution < 1.29 is 22.7 Å². The molecule has 1 heterocycles. The average molecular weight is 315 g/mol. The molecule has 2 aromatic rings. The Labute approximate surface area is 118 Å². The van der Waals surface area contributed by atoms with E-state index in [9.17, 15) is 17.6 Å². The van der Waals surface area contributed by atoms with Gasteiger partial charge in [0.2, 0.25) is 10.0 Å². The van der Waals surface area contributed by atoms with Crippen LogP contribution in [-0.2, 0) is 14.8 Å². The van der Waals surface area contributed by atoms with Crippen LogP contribution in [-0.4, -0.2) is 45.0 Å². The zero-order valence-electron chi connectivity index (χ0n) is 10.6. The number of halogens is 1. The van der Waals surface area contributed by atoms with Crippen molar-refractivity contribution >= 4 is 21.7 Å². The Morgan fingerprint density at radius 1 is 1.48 bits per heavy atom. The first-order valence-corrected chi connectivity index (χ1v) is 7.13. The fraction of sp³-hybridized carbons (Fsp3) is 0.200. The number of benzene rings is 1. The number of nitrogens with zero attached hydrogens (tertiary/aromatic N) is 4. The van der Waals surface area contributed by atoms with Gasteiger partial charge in [0, 0.05) is 0 Å². The Hall–Kier alpha value is -2.56. The molecule has 9 nitrogen and oxygen atoms in total. The highest BCUT2D eigenvalue weighted by atomic mass is 32.2. The number of hydrogen-bond acceptors (Lipinski definition) is 6. The fourth-order valence-corrected chi connectivity index (χ4v) is 2.29. The lowest BCUT2D eigenvalue weighted by atomic mass is 10.3. The summed E-state index contributed by atoms with van der Waals surface area (Å²) in [5, 5.41) is 17.4. The maximum atomic E-state index is 13.7. The molecule has 1 aromatic carbocycles. The molecule has 1 atom stereocenters. The minimum absolute atomic E-state index is 0.307. The first kappa shape index (κ1) is 14.8. The largest absolute Gasteiger partial charge is 0.480 e. The number of aromatic nitrogens is 4. The quantitative estimate of drug-likeness (QED) is 0.796. The molecule has 1 unspecified atom stereocenters. The Morgan fingerprint density at radius 3 is 2.76 bits per heavy atom. The highest BCUT2D eigenvalue weighted by Crippen LogP contribution is 2.20. The summed E-state index contributed by atoms with van der Waals surface area (Å²) in [7, 11) is -4.27. The summed E-state index contributed by atoms with van der Waals surface area (Å²) >= 11 is 0. The zero-order valence-corrected chi connectivity index (χ0v) is 11.5. The lowest BCUT2D eigenvalue weighted by Crippen LogP contribution is -2.32. The number of anilines is 1. The summed E-state index contributed by atoms with van der Waals surface area (Å²) < 4.78 is 40.3. The van der Waals surface area contributed by atoms with Gasteiger partial charge < -0.3 is 5.11 Å². The van der Waals surface area contributed by atoms with Crippen molar-refractivity contribution in [3.8, 4) is 5.69 Å². The van der Waals surface area contributed by atoms with E-state index < -0.39 is 32.7 Å². The third-order valence-corrected chi connectivity index (χ3v) is 4.27. The predicted molar refractivity (Wildman–Crippen MR) is 68.8 cm³/mol. The van der Waals surface area contributed by atoms with Crippen molar-refractivity contribution in [1.29, 1.82) is 0 Å². The van der Waals surface area contributed by atoms with Gasteiger partial charge in [0.05, 0.1) is 11.4 Å². The van der Waals surface area contributed by atoms with Crippen LogP contribution in [0.15, 0.2) is 24.5 Å². The summed E-state index contributed by atoms with van der Waals surface area (Å²) in [6, 6.07) is 3.50. The van der Waals surface area contributed by atoms with E-state index in [0.717, 1.165) is 19.1 Å². The maximum absolute atomic E-state index is 13.7. The van der Waals surface area contributed by atoms with E-state index in [1.165, 1.54) is 17.1 Å². The molecule has 21 heavy (non-hydrogen) atoms. The molecule has 0 saturated carbocycles. The highest BCUT2D eigenvalue weighted by molar-refractivity contribution is 7.94. The van der Waals surface area contributed by atoms with E-state index in [1.54, 1.807) is 0 Å². The zero-order chi connectivity index (χ0) is 15.6. The molecule has 0 radical (unpaired) electrons. The van der Waals surface area contributed by atoms with Crippen LogP contribution in [0.4, 0.5) is 10.1 Å². The van der Waals surface area contributed by atoms with Crippen molar-refractivity contribution in [1.82, 2.24) is 20.2 Å². The van der Waals surface area contributed by atoms with Gasteiger partial charge in [0.15, 0.2) is 5.25 Å². The van der Waals surface area contributed by atoms with E-state index >= 15 is 0 Å². The van der Waals surface area contributed by atoms with Crippen LogP contribution < -0.4 is 4.72 Å². The van der Waals surface area contributed by atoms with Gasteiger partial charge in [0.1, 0.15) is 12.1 Å². The molecule has 0 fully saturated rings. The number of carboxylic acid groups (broad SMARTS) is 1. The highest BCUT2D eigenvalue weighted by Gasteiger charge is 2.28. The molecule has 1 aromatic heterocycles. The van der Waals surface area contributed by atoms with Crippen LogP contribution in [0.25, 0.3) is 5.69 Å². The Kier molecular flexibility index (Phi) is 3.84. The fourth-order valence-electron chi connectivity index (χ4n) is 1.39. The Morgan fingerprint density at radius 2 is 2.19 bits per heavy atom. The predicted octanol–water partition coefficient (Wildman–Crippen LogP) is 0.0162. The van der Waals surface area contributed by atoms with Crippen LogP contribution >= 0.6 is 0 Å². The molecule has 112 valence electrons. The van der Waals surface area contributed by atoms with E-state index in [1.807, 2.05) is 4.72 Å². The molecule has 0 bridgehead atoms. The second-order valence-electron chi connectivity index (χ2n) is 4.05. The number of hydrogen-bond donors (Lipinski definition) is 2. The van der Waals surface area contributed by atoms with Crippen LogP contribution in [0, 0.1) is 5.82 Å². The lowest BCUT2D eigenvalue weighted by Gasteiger charge is -2.12. The number of sulfonamides is 1. The van der Waals surface area contributed by atoms with E-state index in [0.29, 0.717) is 5.69 Å². The second-order valence-corrected chi connectivity index (χ2v) is 6.05. The van der Waals surface area contributed by atoms with Gasteiger partial charge >= 0.3 is 5.97 Å². The molecular formula is C10H10FN5O4S. The Bertz CT molecular complexity index is 762. The number of nitrogens with one attached hydrogen (secondary N) is 1. The van der Waals surface area contributed by atoms with Gasteiger partial charge in [-0.15, -0.1) is 5.10 Å². The topological polar surface area (TPSA) is 127 Å².